The summed E-state index contributed by atoms with van der Waals surface area (Å²) in [7, 11) is 0. The zero-order valence-corrected chi connectivity index (χ0v) is 17.7. The van der Waals surface area contributed by atoms with E-state index in [1.165, 1.54) is 6.33 Å². The number of rotatable bonds is 7. The van der Waals surface area contributed by atoms with Crippen molar-refractivity contribution in [2.24, 2.45) is 0 Å². The van der Waals surface area contributed by atoms with E-state index in [1.807, 2.05) is 54.6 Å². The van der Waals surface area contributed by atoms with Crippen LogP contribution in [0, 0.1) is 0 Å². The van der Waals surface area contributed by atoms with Crippen molar-refractivity contribution in [1.82, 2.24) is 9.97 Å². The Balaban J connectivity index is 1.46. The highest BCUT2D eigenvalue weighted by molar-refractivity contribution is 6.01. The van der Waals surface area contributed by atoms with Gasteiger partial charge in [-0.2, -0.15) is 13.2 Å². The van der Waals surface area contributed by atoms with Crippen LogP contribution in [0.4, 0.5) is 30.4 Å². The Kier molecular flexibility index (Phi) is 6.72. The molecule has 0 unspecified atom stereocenters. The number of hydrogen-bond donors (Lipinski definition) is 2. The first kappa shape index (κ1) is 22.8. The van der Waals surface area contributed by atoms with Gasteiger partial charge in [-0.25, -0.2) is 9.97 Å². The molecule has 0 atom stereocenters. The number of ether oxygens (including phenoxy) is 1. The third-order valence-electron chi connectivity index (χ3n) is 4.69. The number of allylic oxidation sites excluding steroid dienone is 1. The first-order chi connectivity index (χ1) is 16.4. The fourth-order valence-corrected chi connectivity index (χ4v) is 3.10. The summed E-state index contributed by atoms with van der Waals surface area (Å²) in [4.78, 5) is 20.2. The summed E-state index contributed by atoms with van der Waals surface area (Å²) in [5.41, 5.74) is 2.72. The quantitative estimate of drug-likeness (QED) is 0.328. The lowest BCUT2D eigenvalue weighted by molar-refractivity contribution is -0.112. The largest absolute Gasteiger partial charge is 0.489 e. The number of benzene rings is 3. The van der Waals surface area contributed by atoms with Crippen molar-refractivity contribution in [3.8, 4) is 5.75 Å². The van der Waals surface area contributed by atoms with E-state index in [-0.39, 0.29) is 6.08 Å². The van der Waals surface area contributed by atoms with Gasteiger partial charge in [0.1, 0.15) is 24.5 Å². The second-order valence-corrected chi connectivity index (χ2v) is 7.24. The maximum Gasteiger partial charge on any atom is 0.409 e. The fraction of sp³-hybridized carbons (Fsp3) is 0.0800. The lowest BCUT2D eigenvalue weighted by Crippen LogP contribution is -2.10. The summed E-state index contributed by atoms with van der Waals surface area (Å²) in [6.45, 7) is 0.455. The molecule has 6 nitrogen and oxygen atoms in total. The number of aromatic nitrogens is 2. The Morgan fingerprint density at radius 2 is 1.68 bits per heavy atom. The van der Waals surface area contributed by atoms with Crippen LogP contribution in [0.5, 0.6) is 5.75 Å². The second-order valence-electron chi connectivity index (χ2n) is 7.24. The van der Waals surface area contributed by atoms with E-state index >= 15 is 0 Å². The van der Waals surface area contributed by atoms with Crippen LogP contribution in [0.3, 0.4) is 0 Å². The lowest BCUT2D eigenvalue weighted by atomic mass is 10.2. The number of alkyl halides is 3. The van der Waals surface area contributed by atoms with Crippen molar-refractivity contribution in [2.75, 3.05) is 10.6 Å². The molecule has 2 N–H and O–H groups in total. The van der Waals surface area contributed by atoms with Crippen molar-refractivity contribution in [1.29, 1.82) is 0 Å². The number of nitrogens with zero attached hydrogens (tertiary/aromatic N) is 2. The van der Waals surface area contributed by atoms with E-state index < -0.39 is 12.1 Å². The van der Waals surface area contributed by atoms with Gasteiger partial charge in [0.05, 0.1) is 5.52 Å². The summed E-state index contributed by atoms with van der Waals surface area (Å²) in [6, 6.07) is 21.9. The van der Waals surface area contributed by atoms with Crippen LogP contribution in [-0.2, 0) is 11.4 Å². The molecule has 1 heterocycles. The normalized spacial score (nSPS) is 11.5. The predicted octanol–water partition coefficient (Wildman–Crippen LogP) is 6.01. The number of nitrogens with one attached hydrogen (secondary N) is 2. The lowest BCUT2D eigenvalue weighted by Gasteiger charge is -2.11. The molecule has 1 amide bonds. The van der Waals surface area contributed by atoms with Crippen molar-refractivity contribution < 1.29 is 22.7 Å². The Bertz CT molecular complexity index is 1310. The van der Waals surface area contributed by atoms with E-state index in [4.69, 9.17) is 4.74 Å². The van der Waals surface area contributed by atoms with Crippen molar-refractivity contribution in [3.63, 3.8) is 0 Å². The molecule has 172 valence electrons. The average molecular weight is 464 g/mol. The van der Waals surface area contributed by atoms with Crippen LogP contribution < -0.4 is 15.4 Å². The Hall–Kier alpha value is -4.40. The third kappa shape index (κ3) is 6.32. The molecular formula is C25H19F3N4O2. The number of hydrogen-bond acceptors (Lipinski definition) is 5. The van der Waals surface area contributed by atoms with Gasteiger partial charge in [0.2, 0.25) is 5.91 Å². The summed E-state index contributed by atoms with van der Waals surface area (Å²) in [6.07, 6.45) is -2.85. The molecule has 0 aliphatic carbocycles. The smallest absolute Gasteiger partial charge is 0.409 e. The maximum atomic E-state index is 12.3. The average Bonchev–Trinajstić information content (AvgIpc) is 2.83. The van der Waals surface area contributed by atoms with Gasteiger partial charge >= 0.3 is 6.18 Å². The molecule has 0 aliphatic rings. The minimum absolute atomic E-state index is 0.118. The summed E-state index contributed by atoms with van der Waals surface area (Å²) in [5, 5.41) is 6.19. The van der Waals surface area contributed by atoms with Crippen molar-refractivity contribution >= 4 is 34.0 Å². The number of carbonyl (C=O) groups is 1. The number of halogens is 3. The Labute approximate surface area is 193 Å². The van der Waals surface area contributed by atoms with Gasteiger partial charge in [0, 0.05) is 28.9 Å². The van der Waals surface area contributed by atoms with Crippen LogP contribution in [0.15, 0.2) is 91.3 Å². The highest BCUT2D eigenvalue weighted by atomic mass is 19.4. The number of amides is 1. The van der Waals surface area contributed by atoms with Crippen molar-refractivity contribution in [3.05, 3.63) is 96.8 Å². The monoisotopic (exact) mass is 464 g/mol. The minimum Gasteiger partial charge on any atom is -0.489 e. The molecule has 0 aliphatic heterocycles. The van der Waals surface area contributed by atoms with E-state index in [0.29, 0.717) is 40.8 Å². The molecule has 3 aromatic carbocycles. The summed E-state index contributed by atoms with van der Waals surface area (Å²) < 4.78 is 42.6. The Morgan fingerprint density at radius 3 is 2.41 bits per heavy atom. The van der Waals surface area contributed by atoms with Gasteiger partial charge < -0.3 is 15.4 Å². The molecule has 0 saturated carbocycles. The standard InChI is InChI=1S/C25H19F3N4O2/c26-25(27,28)13-12-23(33)31-19-8-11-22-21(14-19)24(30-16-29-22)32-18-6-9-20(10-7-18)34-15-17-4-2-1-3-5-17/h1-14,16H,15H2,(H,31,33)(H,29,30,32)/b13-12+. The van der Waals surface area contributed by atoms with Crippen LogP contribution in [0.1, 0.15) is 5.56 Å². The fourth-order valence-electron chi connectivity index (χ4n) is 3.10. The zero-order valence-electron chi connectivity index (χ0n) is 17.7. The first-order valence-electron chi connectivity index (χ1n) is 10.2. The predicted molar refractivity (Wildman–Crippen MR) is 124 cm³/mol. The van der Waals surface area contributed by atoms with E-state index in [9.17, 15) is 18.0 Å². The van der Waals surface area contributed by atoms with E-state index in [1.54, 1.807) is 18.2 Å². The molecular weight excluding hydrogens is 445 g/mol. The van der Waals surface area contributed by atoms with E-state index in [0.717, 1.165) is 11.3 Å². The third-order valence-corrected chi connectivity index (χ3v) is 4.69. The molecule has 4 rings (SSSR count). The molecule has 4 aromatic rings. The summed E-state index contributed by atoms with van der Waals surface area (Å²) in [5.74, 6) is 0.290. The van der Waals surface area contributed by atoms with Crippen LogP contribution in [-0.4, -0.2) is 22.1 Å². The van der Waals surface area contributed by atoms with Crippen LogP contribution >= 0.6 is 0 Å². The van der Waals surface area contributed by atoms with Crippen LogP contribution in [0.25, 0.3) is 10.9 Å². The Morgan fingerprint density at radius 1 is 0.941 bits per heavy atom. The van der Waals surface area contributed by atoms with Gasteiger partial charge in [-0.3, -0.25) is 4.79 Å². The van der Waals surface area contributed by atoms with Gasteiger partial charge in [0.25, 0.3) is 0 Å². The zero-order chi connectivity index (χ0) is 24.0. The topological polar surface area (TPSA) is 76.1 Å². The van der Waals surface area contributed by atoms with Crippen LogP contribution in [0.2, 0.25) is 0 Å². The molecule has 0 radical (unpaired) electrons. The van der Waals surface area contributed by atoms with Gasteiger partial charge in [-0.05, 0) is 48.0 Å². The van der Waals surface area contributed by atoms with Gasteiger partial charge in [0.15, 0.2) is 0 Å². The molecule has 34 heavy (non-hydrogen) atoms. The number of carbonyl (C=O) groups excluding carboxylic acids is 1. The second kappa shape index (κ2) is 10.0. The summed E-state index contributed by atoms with van der Waals surface area (Å²) >= 11 is 0. The van der Waals surface area contributed by atoms with E-state index in [2.05, 4.69) is 20.6 Å². The maximum absolute atomic E-state index is 12.3. The van der Waals surface area contributed by atoms with Crippen molar-refractivity contribution in [2.45, 2.75) is 12.8 Å². The van der Waals surface area contributed by atoms with Gasteiger partial charge in [-0.1, -0.05) is 30.3 Å². The number of anilines is 3. The highest BCUT2D eigenvalue weighted by Gasteiger charge is 2.22. The highest BCUT2D eigenvalue weighted by Crippen LogP contribution is 2.27. The number of fused-ring (bicyclic) bond motifs is 1. The molecule has 0 spiro atoms. The first-order valence-corrected chi connectivity index (χ1v) is 10.2. The molecule has 0 bridgehead atoms. The van der Waals surface area contributed by atoms with Gasteiger partial charge in [-0.15, -0.1) is 0 Å². The molecule has 1 aromatic heterocycles. The SMILES string of the molecule is O=C(/C=C/C(F)(F)F)Nc1ccc2ncnc(Nc3ccc(OCc4ccccc4)cc3)c2c1. The minimum atomic E-state index is -4.56. The molecule has 9 heteroatoms. The molecule has 0 saturated heterocycles. The molecule has 0 fully saturated rings.